The highest BCUT2D eigenvalue weighted by atomic mass is 14.7. The Morgan fingerprint density at radius 3 is 2.25 bits per heavy atom. The molecule has 0 amide bonds. The van der Waals surface area contributed by atoms with Gasteiger partial charge >= 0.3 is 0 Å². The molecule has 1 heteroatoms. The van der Waals surface area contributed by atoms with Gasteiger partial charge in [0.2, 0.25) is 0 Å². The average molecular weight is 169 g/mol. The summed E-state index contributed by atoms with van der Waals surface area (Å²) in [6.45, 7) is 8.71. The molecule has 0 aromatic carbocycles. The second-order valence-corrected chi connectivity index (χ2v) is 3.83. The second-order valence-electron chi connectivity index (χ2n) is 3.83. The van der Waals surface area contributed by atoms with Gasteiger partial charge in [-0.25, -0.2) is 0 Å². The van der Waals surface area contributed by atoms with Gasteiger partial charge < -0.3 is 5.73 Å². The summed E-state index contributed by atoms with van der Waals surface area (Å²) in [4.78, 5) is 0. The van der Waals surface area contributed by atoms with Crippen molar-refractivity contribution >= 4 is 0 Å². The lowest BCUT2D eigenvalue weighted by atomic mass is 9.83. The zero-order chi connectivity index (χ0) is 9.61. The predicted molar refractivity (Wildman–Crippen MR) is 56.1 cm³/mol. The molecule has 0 aliphatic carbocycles. The van der Waals surface area contributed by atoms with Crippen molar-refractivity contribution in [2.45, 2.75) is 52.5 Å². The molecule has 0 aromatic rings. The van der Waals surface area contributed by atoms with Crippen molar-refractivity contribution < 1.29 is 0 Å². The van der Waals surface area contributed by atoms with Crippen LogP contribution in [0.5, 0.6) is 0 Å². The molecule has 0 heterocycles. The van der Waals surface area contributed by atoms with Gasteiger partial charge in [0.15, 0.2) is 0 Å². The summed E-state index contributed by atoms with van der Waals surface area (Å²) in [5, 5.41) is 0. The second kappa shape index (κ2) is 5.36. The highest BCUT2D eigenvalue weighted by Gasteiger charge is 2.23. The minimum Gasteiger partial charge on any atom is -0.322 e. The van der Waals surface area contributed by atoms with Gasteiger partial charge in [-0.3, -0.25) is 0 Å². The van der Waals surface area contributed by atoms with E-state index in [1.165, 1.54) is 0 Å². The van der Waals surface area contributed by atoms with E-state index in [1.54, 1.807) is 0 Å². The van der Waals surface area contributed by atoms with E-state index in [-0.39, 0.29) is 5.54 Å². The summed E-state index contributed by atoms with van der Waals surface area (Å²) in [6, 6.07) is 0. The third-order valence-corrected chi connectivity index (χ3v) is 2.42. The SMILES string of the molecule is CC/C=C/C(N)(CCC)C(C)C. The van der Waals surface area contributed by atoms with Gasteiger partial charge in [-0.15, -0.1) is 0 Å². The molecule has 0 saturated heterocycles. The number of nitrogens with two attached hydrogens (primary N) is 1. The van der Waals surface area contributed by atoms with Crippen LogP contribution in [0.1, 0.15) is 47.0 Å². The number of hydrogen-bond donors (Lipinski definition) is 1. The molecular formula is C11H23N. The van der Waals surface area contributed by atoms with Crippen LogP contribution in [0.2, 0.25) is 0 Å². The molecule has 2 N–H and O–H groups in total. The molecule has 0 bridgehead atoms. The largest absolute Gasteiger partial charge is 0.322 e. The quantitative estimate of drug-likeness (QED) is 0.629. The molecule has 1 nitrogen and oxygen atoms in total. The van der Waals surface area contributed by atoms with Crippen LogP contribution in [-0.2, 0) is 0 Å². The topological polar surface area (TPSA) is 26.0 Å². The van der Waals surface area contributed by atoms with Crippen LogP contribution in [0.3, 0.4) is 0 Å². The van der Waals surface area contributed by atoms with Gasteiger partial charge in [0, 0.05) is 5.54 Å². The molecule has 0 spiro atoms. The molecular weight excluding hydrogens is 146 g/mol. The molecule has 12 heavy (non-hydrogen) atoms. The lowest BCUT2D eigenvalue weighted by Gasteiger charge is -2.30. The van der Waals surface area contributed by atoms with E-state index in [9.17, 15) is 0 Å². The Kier molecular flexibility index (Phi) is 5.23. The normalized spacial score (nSPS) is 17.2. The van der Waals surface area contributed by atoms with Crippen LogP contribution in [0.15, 0.2) is 12.2 Å². The molecule has 0 rings (SSSR count). The molecule has 0 aliphatic rings. The van der Waals surface area contributed by atoms with Gasteiger partial charge in [-0.1, -0.05) is 46.3 Å². The molecule has 0 aromatic heterocycles. The summed E-state index contributed by atoms with van der Waals surface area (Å²) in [6.07, 6.45) is 7.68. The van der Waals surface area contributed by atoms with Crippen molar-refractivity contribution in [3.63, 3.8) is 0 Å². The van der Waals surface area contributed by atoms with E-state index in [0.29, 0.717) is 5.92 Å². The fourth-order valence-corrected chi connectivity index (χ4v) is 1.33. The minimum absolute atomic E-state index is 0.0786. The fourth-order valence-electron chi connectivity index (χ4n) is 1.33. The van der Waals surface area contributed by atoms with Gasteiger partial charge in [0.05, 0.1) is 0 Å². The molecule has 0 radical (unpaired) electrons. The molecule has 1 unspecified atom stereocenters. The standard InChI is InChI=1S/C11H23N/c1-5-7-9-11(12,8-6-2)10(3)4/h7,9-10H,5-6,8,12H2,1-4H3/b9-7+. The highest BCUT2D eigenvalue weighted by Crippen LogP contribution is 2.21. The van der Waals surface area contributed by atoms with Gasteiger partial charge in [-0.2, -0.15) is 0 Å². The first-order chi connectivity index (χ1) is 5.56. The zero-order valence-corrected chi connectivity index (χ0v) is 8.93. The van der Waals surface area contributed by atoms with Crippen LogP contribution < -0.4 is 5.73 Å². The van der Waals surface area contributed by atoms with Crippen LogP contribution >= 0.6 is 0 Å². The predicted octanol–water partition coefficient (Wildman–Crippen LogP) is 3.11. The maximum atomic E-state index is 6.25. The molecule has 72 valence electrons. The van der Waals surface area contributed by atoms with Crippen molar-refractivity contribution in [1.82, 2.24) is 0 Å². The van der Waals surface area contributed by atoms with E-state index < -0.39 is 0 Å². The van der Waals surface area contributed by atoms with Crippen molar-refractivity contribution in [2.24, 2.45) is 11.7 Å². The van der Waals surface area contributed by atoms with E-state index in [0.717, 1.165) is 19.3 Å². The van der Waals surface area contributed by atoms with Crippen molar-refractivity contribution in [3.05, 3.63) is 12.2 Å². The van der Waals surface area contributed by atoms with Gasteiger partial charge in [0.1, 0.15) is 0 Å². The molecule has 1 atom stereocenters. The number of hydrogen-bond acceptors (Lipinski definition) is 1. The Hall–Kier alpha value is -0.300. The first-order valence-corrected chi connectivity index (χ1v) is 5.03. The summed E-state index contributed by atoms with van der Waals surface area (Å²) >= 11 is 0. The summed E-state index contributed by atoms with van der Waals surface area (Å²) < 4.78 is 0. The van der Waals surface area contributed by atoms with E-state index in [4.69, 9.17) is 5.73 Å². The van der Waals surface area contributed by atoms with Gasteiger partial charge in [0.25, 0.3) is 0 Å². The van der Waals surface area contributed by atoms with Crippen molar-refractivity contribution in [3.8, 4) is 0 Å². The third-order valence-electron chi connectivity index (χ3n) is 2.42. The Balaban J connectivity index is 4.28. The summed E-state index contributed by atoms with van der Waals surface area (Å²) in [5.41, 5.74) is 6.17. The van der Waals surface area contributed by atoms with E-state index >= 15 is 0 Å². The Morgan fingerprint density at radius 1 is 1.33 bits per heavy atom. The van der Waals surface area contributed by atoms with Crippen LogP contribution in [0, 0.1) is 5.92 Å². The fraction of sp³-hybridized carbons (Fsp3) is 0.818. The average Bonchev–Trinajstić information content (AvgIpc) is 2.01. The van der Waals surface area contributed by atoms with Gasteiger partial charge in [-0.05, 0) is 18.8 Å². The molecule has 0 saturated carbocycles. The Bertz CT molecular complexity index is 138. The van der Waals surface area contributed by atoms with Crippen LogP contribution in [0.25, 0.3) is 0 Å². The smallest absolute Gasteiger partial charge is 0.0362 e. The number of allylic oxidation sites excluding steroid dienone is 1. The lowest BCUT2D eigenvalue weighted by Crippen LogP contribution is -2.42. The van der Waals surface area contributed by atoms with E-state index in [1.807, 2.05) is 0 Å². The Morgan fingerprint density at radius 2 is 1.92 bits per heavy atom. The third kappa shape index (κ3) is 3.40. The molecule has 0 aliphatic heterocycles. The Labute approximate surface area is 77.0 Å². The van der Waals surface area contributed by atoms with E-state index in [2.05, 4.69) is 39.8 Å². The maximum Gasteiger partial charge on any atom is 0.0362 e. The first-order valence-electron chi connectivity index (χ1n) is 5.03. The molecule has 0 fully saturated rings. The highest BCUT2D eigenvalue weighted by molar-refractivity contribution is 5.05. The lowest BCUT2D eigenvalue weighted by molar-refractivity contribution is 0.356. The maximum absolute atomic E-state index is 6.25. The monoisotopic (exact) mass is 169 g/mol. The number of rotatable bonds is 5. The van der Waals surface area contributed by atoms with Crippen molar-refractivity contribution in [1.29, 1.82) is 0 Å². The minimum atomic E-state index is -0.0786. The zero-order valence-electron chi connectivity index (χ0n) is 8.93. The van der Waals surface area contributed by atoms with Crippen molar-refractivity contribution in [2.75, 3.05) is 0 Å². The first kappa shape index (κ1) is 11.7. The summed E-state index contributed by atoms with van der Waals surface area (Å²) in [5.74, 6) is 0.528. The van der Waals surface area contributed by atoms with Crippen LogP contribution in [-0.4, -0.2) is 5.54 Å². The van der Waals surface area contributed by atoms with Crippen LogP contribution in [0.4, 0.5) is 0 Å². The summed E-state index contributed by atoms with van der Waals surface area (Å²) in [7, 11) is 0.